The number of alkyl halides is 3. The first-order valence-electron chi connectivity index (χ1n) is 13.8. The minimum atomic E-state index is -4.60. The van der Waals surface area contributed by atoms with E-state index in [2.05, 4.69) is 25.0 Å². The van der Waals surface area contributed by atoms with Gasteiger partial charge in [0, 0.05) is 24.4 Å². The molecule has 1 N–H and O–H groups in total. The Morgan fingerprint density at radius 3 is 2.60 bits per heavy atom. The smallest absolute Gasteiger partial charge is 0.434 e. The number of halogens is 3. The van der Waals surface area contributed by atoms with E-state index in [1.165, 1.54) is 10.9 Å². The molecule has 4 heterocycles. The normalized spacial score (nSPS) is 13.7. The monoisotopic (exact) mass is 594 g/mol. The first kappa shape index (κ1) is 28.5. The third kappa shape index (κ3) is 5.61. The van der Waals surface area contributed by atoms with Crippen LogP contribution in [0.1, 0.15) is 55.6 Å². The molecule has 0 spiro atoms. The number of hydrogen-bond donors (Lipinski definition) is 1. The molecular weight excluding hydrogens is 565 g/mol. The molecule has 0 aliphatic heterocycles. The van der Waals surface area contributed by atoms with Crippen LogP contribution in [-0.2, 0) is 12.7 Å². The van der Waals surface area contributed by atoms with E-state index >= 15 is 0 Å². The van der Waals surface area contributed by atoms with Gasteiger partial charge in [0.15, 0.2) is 17.2 Å². The number of methoxy groups -OCH3 is 1. The van der Waals surface area contributed by atoms with E-state index in [-0.39, 0.29) is 31.6 Å². The molecule has 43 heavy (non-hydrogen) atoms. The highest BCUT2D eigenvalue weighted by Gasteiger charge is 2.36. The molecule has 6 rings (SSSR count). The van der Waals surface area contributed by atoms with E-state index in [1.54, 1.807) is 56.2 Å². The van der Waals surface area contributed by atoms with Gasteiger partial charge in [-0.15, -0.1) is 0 Å². The van der Waals surface area contributed by atoms with Gasteiger partial charge in [-0.05, 0) is 44.4 Å². The number of imidazole rings is 1. The van der Waals surface area contributed by atoms with Crippen molar-refractivity contribution in [2.45, 2.75) is 51.4 Å². The second-order valence-corrected chi connectivity index (χ2v) is 10.5. The zero-order chi connectivity index (χ0) is 30.3. The fourth-order valence-corrected chi connectivity index (χ4v) is 4.94. The topological polar surface area (TPSA) is 126 Å². The van der Waals surface area contributed by atoms with E-state index in [0.29, 0.717) is 40.1 Å². The van der Waals surface area contributed by atoms with E-state index in [4.69, 9.17) is 14.5 Å². The molecule has 0 bridgehead atoms. The standard InChI is InChI=1S/C29H29F3N8O3/c1-16(2)39-14-22(29(30,31)32)37-27(39)20-7-4-17(10-21(20)43-9-8-41)13-40-26-19(12-36-40)11-33-25(38-26)23-24(18-5-6-18)34-15-35-28(23)42-3/h4,7,10-12,14-16,18,41H,5-6,8-9,13H2,1-3H3. The zero-order valence-electron chi connectivity index (χ0n) is 23.7. The number of nitrogens with zero attached hydrogens (tertiary/aromatic N) is 8. The van der Waals surface area contributed by atoms with Crippen LogP contribution in [0.25, 0.3) is 33.8 Å². The van der Waals surface area contributed by atoms with Crippen molar-refractivity contribution in [1.29, 1.82) is 0 Å². The summed E-state index contributed by atoms with van der Waals surface area (Å²) >= 11 is 0. The largest absolute Gasteiger partial charge is 0.490 e. The van der Waals surface area contributed by atoms with Crippen molar-refractivity contribution < 1.29 is 27.8 Å². The third-order valence-corrected chi connectivity index (χ3v) is 7.15. The molecule has 1 aromatic carbocycles. The molecule has 0 saturated heterocycles. The Labute approximate surface area is 244 Å². The summed E-state index contributed by atoms with van der Waals surface area (Å²) in [7, 11) is 1.54. The highest BCUT2D eigenvalue weighted by Crippen LogP contribution is 2.45. The Kier molecular flexibility index (Phi) is 7.46. The fourth-order valence-electron chi connectivity index (χ4n) is 4.94. The van der Waals surface area contributed by atoms with Crippen molar-refractivity contribution in [2.24, 2.45) is 0 Å². The predicted octanol–water partition coefficient (Wildman–Crippen LogP) is 5.05. The van der Waals surface area contributed by atoms with Gasteiger partial charge in [0.1, 0.15) is 30.1 Å². The molecular formula is C29H29F3N8O3. The lowest BCUT2D eigenvalue weighted by Crippen LogP contribution is -2.08. The lowest BCUT2D eigenvalue weighted by molar-refractivity contribution is -0.140. The average molecular weight is 595 g/mol. The maximum absolute atomic E-state index is 13.5. The second-order valence-electron chi connectivity index (χ2n) is 10.5. The van der Waals surface area contributed by atoms with Gasteiger partial charge >= 0.3 is 6.18 Å². The van der Waals surface area contributed by atoms with Gasteiger partial charge in [-0.25, -0.2) is 29.6 Å². The molecule has 11 nitrogen and oxygen atoms in total. The number of hydrogen-bond acceptors (Lipinski definition) is 9. The molecule has 0 atom stereocenters. The van der Waals surface area contributed by atoms with Gasteiger partial charge in [0.05, 0.1) is 43.1 Å². The summed E-state index contributed by atoms with van der Waals surface area (Å²) in [5.41, 5.74) is 2.22. The Balaban J connectivity index is 1.38. The highest BCUT2D eigenvalue weighted by molar-refractivity contribution is 5.77. The third-order valence-electron chi connectivity index (χ3n) is 7.15. The van der Waals surface area contributed by atoms with Crippen LogP contribution in [-0.4, -0.2) is 64.7 Å². The lowest BCUT2D eigenvalue weighted by Gasteiger charge is -2.16. The SMILES string of the molecule is COc1ncnc(C2CC2)c1-c1ncc2cnn(Cc3ccc(-c4nc(C(F)(F)F)cn4C(C)C)c(OCCO)c3)c2n1. The minimum Gasteiger partial charge on any atom is -0.490 e. The van der Waals surface area contributed by atoms with E-state index in [9.17, 15) is 18.3 Å². The van der Waals surface area contributed by atoms with Crippen molar-refractivity contribution in [3.8, 4) is 34.4 Å². The highest BCUT2D eigenvalue weighted by atomic mass is 19.4. The average Bonchev–Trinajstić information content (AvgIpc) is 3.61. The quantitative estimate of drug-likeness (QED) is 0.236. The lowest BCUT2D eigenvalue weighted by atomic mass is 10.1. The first-order chi connectivity index (χ1) is 20.7. The predicted molar refractivity (Wildman–Crippen MR) is 150 cm³/mol. The molecule has 1 aliphatic carbocycles. The Morgan fingerprint density at radius 1 is 1.09 bits per heavy atom. The van der Waals surface area contributed by atoms with Gasteiger partial charge in [0.25, 0.3) is 0 Å². The molecule has 1 saturated carbocycles. The van der Waals surface area contributed by atoms with E-state index < -0.39 is 11.9 Å². The summed E-state index contributed by atoms with van der Waals surface area (Å²) in [6.07, 6.45) is 3.28. The Hall–Kier alpha value is -4.59. The molecule has 5 aromatic rings. The number of ether oxygens (including phenoxy) is 2. The summed E-state index contributed by atoms with van der Waals surface area (Å²) in [6.45, 7) is 3.51. The van der Waals surface area contributed by atoms with E-state index in [1.807, 2.05) is 0 Å². The summed E-state index contributed by atoms with van der Waals surface area (Å²) in [4.78, 5) is 22.0. The Bertz CT molecular complexity index is 1780. The fraction of sp³-hybridized carbons (Fsp3) is 0.379. The number of fused-ring (bicyclic) bond motifs is 1. The molecule has 1 fully saturated rings. The summed E-state index contributed by atoms with van der Waals surface area (Å²) in [6, 6.07) is 4.88. The van der Waals surface area contributed by atoms with Crippen LogP contribution in [0.5, 0.6) is 11.6 Å². The molecule has 0 radical (unpaired) electrons. The van der Waals surface area contributed by atoms with Crippen LogP contribution in [0, 0.1) is 0 Å². The van der Waals surface area contributed by atoms with Crippen molar-refractivity contribution in [3.63, 3.8) is 0 Å². The number of aliphatic hydroxyl groups excluding tert-OH is 1. The number of benzene rings is 1. The van der Waals surface area contributed by atoms with Crippen molar-refractivity contribution in [2.75, 3.05) is 20.3 Å². The van der Waals surface area contributed by atoms with Crippen molar-refractivity contribution in [1.82, 2.24) is 39.3 Å². The number of aliphatic hydroxyl groups is 1. The van der Waals surface area contributed by atoms with Crippen LogP contribution in [0.4, 0.5) is 13.2 Å². The van der Waals surface area contributed by atoms with Crippen molar-refractivity contribution >= 4 is 11.0 Å². The molecule has 4 aromatic heterocycles. The molecule has 0 unspecified atom stereocenters. The van der Waals surface area contributed by atoms with Crippen LogP contribution in [0.3, 0.4) is 0 Å². The summed E-state index contributed by atoms with van der Waals surface area (Å²) in [5.74, 6) is 1.55. The van der Waals surface area contributed by atoms with Gasteiger partial charge in [-0.3, -0.25) is 0 Å². The summed E-state index contributed by atoms with van der Waals surface area (Å²) < 4.78 is 55.1. The minimum absolute atomic E-state index is 0.0451. The van der Waals surface area contributed by atoms with Crippen LogP contribution < -0.4 is 9.47 Å². The maximum Gasteiger partial charge on any atom is 0.434 e. The Morgan fingerprint density at radius 2 is 1.91 bits per heavy atom. The second kappa shape index (κ2) is 11.2. The molecule has 224 valence electrons. The van der Waals surface area contributed by atoms with Gasteiger partial charge in [-0.2, -0.15) is 18.3 Å². The summed E-state index contributed by atoms with van der Waals surface area (Å²) in [5, 5.41) is 14.6. The van der Waals surface area contributed by atoms with Gasteiger partial charge in [-0.1, -0.05) is 6.07 Å². The van der Waals surface area contributed by atoms with Gasteiger partial charge < -0.3 is 19.1 Å². The molecule has 14 heteroatoms. The van der Waals surface area contributed by atoms with E-state index in [0.717, 1.165) is 35.7 Å². The van der Waals surface area contributed by atoms with Crippen LogP contribution in [0.2, 0.25) is 0 Å². The van der Waals surface area contributed by atoms with Crippen molar-refractivity contribution in [3.05, 3.63) is 60.1 Å². The molecule has 1 aliphatic rings. The zero-order valence-corrected chi connectivity index (χ0v) is 23.7. The first-order valence-corrected chi connectivity index (χ1v) is 13.8. The maximum atomic E-state index is 13.5. The number of aromatic nitrogens is 8. The number of rotatable bonds is 10. The molecule has 0 amide bonds. The van der Waals surface area contributed by atoms with Crippen LogP contribution in [0.15, 0.2) is 43.1 Å². The van der Waals surface area contributed by atoms with Crippen LogP contribution >= 0.6 is 0 Å². The van der Waals surface area contributed by atoms with Gasteiger partial charge in [0.2, 0.25) is 5.88 Å².